The van der Waals surface area contributed by atoms with Gasteiger partial charge in [0, 0.05) is 16.3 Å². The van der Waals surface area contributed by atoms with E-state index < -0.39 is 0 Å². The second kappa shape index (κ2) is 5.96. The molecule has 0 nitrogen and oxygen atoms in total. The molecule has 1 rings (SSSR count). The molecular formula is C11H11ClS. The van der Waals surface area contributed by atoms with Crippen molar-refractivity contribution in [3.05, 3.63) is 29.3 Å². The maximum Gasteiger partial charge on any atom is 0.0406 e. The van der Waals surface area contributed by atoms with Crippen molar-refractivity contribution in [2.75, 3.05) is 5.75 Å². The van der Waals surface area contributed by atoms with Crippen LogP contribution in [0.5, 0.6) is 0 Å². The molecule has 68 valence electrons. The van der Waals surface area contributed by atoms with Crippen molar-refractivity contribution in [3.63, 3.8) is 0 Å². The molecule has 0 heterocycles. The number of unbranched alkanes of at least 4 members (excludes halogenated alkanes) is 1. The summed E-state index contributed by atoms with van der Waals surface area (Å²) in [6.07, 6.45) is 7.09. The van der Waals surface area contributed by atoms with Gasteiger partial charge in [-0.1, -0.05) is 11.6 Å². The molecule has 0 fully saturated rings. The summed E-state index contributed by atoms with van der Waals surface area (Å²) in [7, 11) is 0. The van der Waals surface area contributed by atoms with Crippen LogP contribution in [0.4, 0.5) is 0 Å². The van der Waals surface area contributed by atoms with Gasteiger partial charge >= 0.3 is 0 Å². The van der Waals surface area contributed by atoms with Crippen LogP contribution >= 0.6 is 23.4 Å². The molecule has 0 unspecified atom stereocenters. The van der Waals surface area contributed by atoms with Gasteiger partial charge in [0.2, 0.25) is 0 Å². The van der Waals surface area contributed by atoms with E-state index in [-0.39, 0.29) is 0 Å². The first kappa shape index (κ1) is 10.5. The molecule has 0 aromatic heterocycles. The Balaban J connectivity index is 2.30. The molecule has 0 radical (unpaired) electrons. The van der Waals surface area contributed by atoms with Gasteiger partial charge in [0.1, 0.15) is 0 Å². The number of rotatable bonds is 4. The highest BCUT2D eigenvalue weighted by Gasteiger charge is 1.93. The highest BCUT2D eigenvalue weighted by molar-refractivity contribution is 7.99. The average Bonchev–Trinajstić information content (AvgIpc) is 2.15. The van der Waals surface area contributed by atoms with Crippen molar-refractivity contribution >= 4 is 23.4 Å². The number of terminal acetylenes is 1. The summed E-state index contributed by atoms with van der Waals surface area (Å²) in [5, 5.41) is 0.785. The Morgan fingerprint density at radius 3 is 2.62 bits per heavy atom. The third-order valence-electron chi connectivity index (χ3n) is 1.55. The van der Waals surface area contributed by atoms with E-state index in [0.717, 1.165) is 23.6 Å². The minimum atomic E-state index is 0.785. The molecular weight excluding hydrogens is 200 g/mol. The van der Waals surface area contributed by atoms with Crippen molar-refractivity contribution in [1.29, 1.82) is 0 Å². The van der Waals surface area contributed by atoms with Crippen LogP contribution in [-0.2, 0) is 0 Å². The second-order valence-corrected chi connectivity index (χ2v) is 4.21. The summed E-state index contributed by atoms with van der Waals surface area (Å²) in [5.41, 5.74) is 0. The van der Waals surface area contributed by atoms with Crippen LogP contribution in [0.2, 0.25) is 5.02 Å². The third-order valence-corrected chi connectivity index (χ3v) is 2.90. The predicted molar refractivity (Wildman–Crippen MR) is 60.2 cm³/mol. The molecule has 0 bridgehead atoms. The summed E-state index contributed by atoms with van der Waals surface area (Å²) in [5.74, 6) is 3.70. The maximum atomic E-state index is 5.76. The standard InChI is InChI=1S/C11H11ClS/c1-2-3-4-9-13-11-7-5-10(12)6-8-11/h1,5-8H,3-4,9H2. The van der Waals surface area contributed by atoms with Crippen molar-refractivity contribution < 1.29 is 0 Å². The largest absolute Gasteiger partial charge is 0.126 e. The lowest BCUT2D eigenvalue weighted by Crippen LogP contribution is -1.78. The summed E-state index contributed by atoms with van der Waals surface area (Å²) < 4.78 is 0. The first-order valence-electron chi connectivity index (χ1n) is 4.15. The Labute approximate surface area is 88.7 Å². The van der Waals surface area contributed by atoms with Crippen LogP contribution in [0.1, 0.15) is 12.8 Å². The van der Waals surface area contributed by atoms with Gasteiger partial charge in [-0.25, -0.2) is 0 Å². The van der Waals surface area contributed by atoms with E-state index in [1.165, 1.54) is 4.90 Å². The van der Waals surface area contributed by atoms with Crippen LogP contribution in [0.25, 0.3) is 0 Å². The highest BCUT2D eigenvalue weighted by atomic mass is 35.5. The van der Waals surface area contributed by atoms with Crippen LogP contribution in [0.15, 0.2) is 29.2 Å². The van der Waals surface area contributed by atoms with E-state index in [1.54, 1.807) is 0 Å². The molecule has 0 aliphatic heterocycles. The normalized spacial score (nSPS) is 9.54. The van der Waals surface area contributed by atoms with E-state index in [4.69, 9.17) is 18.0 Å². The van der Waals surface area contributed by atoms with Crippen molar-refractivity contribution in [2.24, 2.45) is 0 Å². The van der Waals surface area contributed by atoms with Crippen LogP contribution < -0.4 is 0 Å². The van der Waals surface area contributed by atoms with E-state index in [0.29, 0.717) is 0 Å². The monoisotopic (exact) mass is 210 g/mol. The number of hydrogen-bond donors (Lipinski definition) is 0. The molecule has 2 heteroatoms. The smallest absolute Gasteiger partial charge is 0.0406 e. The van der Waals surface area contributed by atoms with E-state index in [2.05, 4.69) is 5.92 Å². The highest BCUT2D eigenvalue weighted by Crippen LogP contribution is 2.21. The molecule has 0 saturated carbocycles. The van der Waals surface area contributed by atoms with Gasteiger partial charge < -0.3 is 0 Å². The average molecular weight is 211 g/mol. The molecule has 1 aromatic rings. The molecule has 0 atom stereocenters. The van der Waals surface area contributed by atoms with Crippen LogP contribution in [0.3, 0.4) is 0 Å². The summed E-state index contributed by atoms with van der Waals surface area (Å²) in [6, 6.07) is 7.88. The minimum Gasteiger partial charge on any atom is -0.126 e. The van der Waals surface area contributed by atoms with Gasteiger partial charge in [-0.2, -0.15) is 0 Å². The fourth-order valence-electron chi connectivity index (χ4n) is 0.895. The maximum absolute atomic E-state index is 5.76. The lowest BCUT2D eigenvalue weighted by atomic mass is 10.4. The van der Waals surface area contributed by atoms with Gasteiger partial charge in [-0.3, -0.25) is 0 Å². The summed E-state index contributed by atoms with van der Waals surface area (Å²) >= 11 is 7.57. The molecule has 0 saturated heterocycles. The van der Waals surface area contributed by atoms with E-state index in [1.807, 2.05) is 36.0 Å². The molecule has 0 amide bonds. The zero-order valence-corrected chi connectivity index (χ0v) is 8.87. The number of halogens is 1. The zero-order chi connectivity index (χ0) is 9.52. The van der Waals surface area contributed by atoms with Gasteiger partial charge in [0.05, 0.1) is 0 Å². The SMILES string of the molecule is C#CCCCSc1ccc(Cl)cc1. The first-order valence-corrected chi connectivity index (χ1v) is 5.51. The fraction of sp³-hybridized carbons (Fsp3) is 0.273. The Bertz CT molecular complexity index is 284. The molecule has 13 heavy (non-hydrogen) atoms. The number of benzene rings is 1. The van der Waals surface area contributed by atoms with Crippen molar-refractivity contribution in [2.45, 2.75) is 17.7 Å². The van der Waals surface area contributed by atoms with Gasteiger partial charge in [0.15, 0.2) is 0 Å². The van der Waals surface area contributed by atoms with Crippen LogP contribution in [-0.4, -0.2) is 5.75 Å². The Morgan fingerprint density at radius 2 is 2.00 bits per heavy atom. The molecule has 0 aliphatic rings. The Kier molecular flexibility index (Phi) is 4.82. The van der Waals surface area contributed by atoms with Crippen molar-refractivity contribution in [3.8, 4) is 12.3 Å². The Morgan fingerprint density at radius 1 is 1.31 bits per heavy atom. The third kappa shape index (κ3) is 4.26. The first-order chi connectivity index (χ1) is 6.33. The van der Waals surface area contributed by atoms with E-state index >= 15 is 0 Å². The van der Waals surface area contributed by atoms with E-state index in [9.17, 15) is 0 Å². The quantitative estimate of drug-likeness (QED) is 0.413. The number of thioether (sulfide) groups is 1. The topological polar surface area (TPSA) is 0 Å². The van der Waals surface area contributed by atoms with Gasteiger partial charge in [-0.15, -0.1) is 24.1 Å². The van der Waals surface area contributed by atoms with Gasteiger partial charge in [0.25, 0.3) is 0 Å². The molecule has 0 spiro atoms. The molecule has 1 aromatic carbocycles. The minimum absolute atomic E-state index is 0.785. The number of hydrogen-bond acceptors (Lipinski definition) is 1. The van der Waals surface area contributed by atoms with Crippen molar-refractivity contribution in [1.82, 2.24) is 0 Å². The second-order valence-electron chi connectivity index (χ2n) is 2.61. The lowest BCUT2D eigenvalue weighted by Gasteiger charge is -1.99. The summed E-state index contributed by atoms with van der Waals surface area (Å²) in [6.45, 7) is 0. The zero-order valence-electron chi connectivity index (χ0n) is 7.29. The lowest BCUT2D eigenvalue weighted by molar-refractivity contribution is 0.997. The fourth-order valence-corrected chi connectivity index (χ4v) is 1.87. The van der Waals surface area contributed by atoms with Gasteiger partial charge in [-0.05, 0) is 36.4 Å². The van der Waals surface area contributed by atoms with Crippen LogP contribution in [0, 0.1) is 12.3 Å². The summed E-state index contributed by atoms with van der Waals surface area (Å²) in [4.78, 5) is 1.25. The molecule has 0 aliphatic carbocycles. The predicted octanol–water partition coefficient (Wildman–Crippen LogP) is 3.85. The molecule has 0 N–H and O–H groups in total. The Hall–Kier alpha value is -0.580.